The summed E-state index contributed by atoms with van der Waals surface area (Å²) in [6.07, 6.45) is 3.35. The molecule has 1 aromatic rings. The van der Waals surface area contributed by atoms with Crippen molar-refractivity contribution in [1.82, 2.24) is 10.6 Å². The Morgan fingerprint density at radius 3 is 2.59 bits per heavy atom. The lowest BCUT2D eigenvalue weighted by Crippen LogP contribution is -2.46. The van der Waals surface area contributed by atoms with Crippen LogP contribution in [0.1, 0.15) is 49.9 Å². The standard InChI is InChI=1S/C19H24Cl2N2O4/c1-11-5-3-4-6-16(11)23-18(25)12(2)27-17(24)10-22-19(26)14-8-7-13(20)9-15(14)21/h7-9,11-12,16H,3-6,10H2,1-2H3,(H,22,26)(H,23,25)/t11-,12-,16+/m1/s1. The second-order valence-electron chi connectivity index (χ2n) is 6.82. The van der Waals surface area contributed by atoms with Gasteiger partial charge in [-0.25, -0.2) is 0 Å². The lowest BCUT2D eigenvalue weighted by molar-refractivity contribution is -0.154. The molecule has 1 saturated carbocycles. The van der Waals surface area contributed by atoms with Crippen molar-refractivity contribution < 1.29 is 19.1 Å². The summed E-state index contributed by atoms with van der Waals surface area (Å²) in [7, 11) is 0. The second kappa shape index (κ2) is 9.95. The molecule has 8 heteroatoms. The number of hydrogen-bond acceptors (Lipinski definition) is 4. The molecular formula is C19H24Cl2N2O4. The molecule has 1 aliphatic carbocycles. The van der Waals surface area contributed by atoms with E-state index < -0.39 is 18.0 Å². The number of benzene rings is 1. The van der Waals surface area contributed by atoms with Crippen LogP contribution < -0.4 is 10.6 Å². The number of rotatable bonds is 6. The molecule has 2 amide bonds. The lowest BCUT2D eigenvalue weighted by atomic mass is 9.86. The van der Waals surface area contributed by atoms with Crippen molar-refractivity contribution in [1.29, 1.82) is 0 Å². The predicted molar refractivity (Wildman–Crippen MR) is 104 cm³/mol. The third kappa shape index (κ3) is 6.40. The van der Waals surface area contributed by atoms with Crippen molar-refractivity contribution in [3.05, 3.63) is 33.8 Å². The molecule has 27 heavy (non-hydrogen) atoms. The van der Waals surface area contributed by atoms with Gasteiger partial charge in [-0.3, -0.25) is 14.4 Å². The van der Waals surface area contributed by atoms with Crippen LogP contribution in [0.3, 0.4) is 0 Å². The fraction of sp³-hybridized carbons (Fsp3) is 0.526. The Morgan fingerprint density at radius 1 is 1.22 bits per heavy atom. The summed E-state index contributed by atoms with van der Waals surface area (Å²) < 4.78 is 5.10. The zero-order valence-electron chi connectivity index (χ0n) is 15.4. The summed E-state index contributed by atoms with van der Waals surface area (Å²) >= 11 is 11.7. The van der Waals surface area contributed by atoms with Crippen molar-refractivity contribution >= 4 is 41.0 Å². The molecule has 1 aromatic carbocycles. The number of carbonyl (C=O) groups is 3. The maximum absolute atomic E-state index is 12.2. The molecule has 0 aliphatic heterocycles. The van der Waals surface area contributed by atoms with E-state index in [-0.39, 0.29) is 29.1 Å². The molecule has 2 rings (SSSR count). The fourth-order valence-corrected chi connectivity index (χ4v) is 3.54. The van der Waals surface area contributed by atoms with Crippen molar-refractivity contribution in [3.63, 3.8) is 0 Å². The van der Waals surface area contributed by atoms with E-state index in [0.717, 1.165) is 19.3 Å². The fourth-order valence-electron chi connectivity index (χ4n) is 3.04. The van der Waals surface area contributed by atoms with Gasteiger partial charge in [0.05, 0.1) is 10.6 Å². The van der Waals surface area contributed by atoms with Crippen LogP contribution in [0.4, 0.5) is 0 Å². The summed E-state index contributed by atoms with van der Waals surface area (Å²) in [5.74, 6) is -1.14. The summed E-state index contributed by atoms with van der Waals surface area (Å²) in [5, 5.41) is 5.95. The van der Waals surface area contributed by atoms with Crippen LogP contribution in [0.2, 0.25) is 10.0 Å². The topological polar surface area (TPSA) is 84.5 Å². The Kier molecular flexibility index (Phi) is 7.92. The molecule has 1 fully saturated rings. The summed E-state index contributed by atoms with van der Waals surface area (Å²) in [6, 6.07) is 4.54. The average Bonchev–Trinajstić information content (AvgIpc) is 2.61. The number of hydrogen-bond donors (Lipinski definition) is 2. The van der Waals surface area contributed by atoms with Crippen molar-refractivity contribution in [2.75, 3.05) is 6.54 Å². The van der Waals surface area contributed by atoms with Crippen LogP contribution in [0.25, 0.3) is 0 Å². The maximum atomic E-state index is 12.2. The van der Waals surface area contributed by atoms with Crippen LogP contribution in [-0.2, 0) is 14.3 Å². The Bertz CT molecular complexity index is 711. The molecule has 1 aliphatic rings. The first-order chi connectivity index (χ1) is 12.8. The van der Waals surface area contributed by atoms with Crippen LogP contribution in [0.15, 0.2) is 18.2 Å². The Morgan fingerprint density at radius 2 is 1.93 bits per heavy atom. The Labute approximate surface area is 168 Å². The van der Waals surface area contributed by atoms with E-state index in [9.17, 15) is 14.4 Å². The van der Waals surface area contributed by atoms with Crippen LogP contribution in [0.5, 0.6) is 0 Å². The van der Waals surface area contributed by atoms with Gasteiger partial charge in [-0.2, -0.15) is 0 Å². The first kappa shape index (κ1) is 21.5. The quantitative estimate of drug-likeness (QED) is 0.698. The predicted octanol–water partition coefficient (Wildman–Crippen LogP) is 3.35. The van der Waals surface area contributed by atoms with E-state index in [2.05, 4.69) is 17.6 Å². The van der Waals surface area contributed by atoms with Gasteiger partial charge in [0, 0.05) is 11.1 Å². The van der Waals surface area contributed by atoms with Gasteiger partial charge in [0.15, 0.2) is 6.10 Å². The average molecular weight is 415 g/mol. The number of nitrogens with one attached hydrogen (secondary N) is 2. The van der Waals surface area contributed by atoms with E-state index in [1.807, 2.05) is 0 Å². The number of esters is 1. The van der Waals surface area contributed by atoms with Crippen LogP contribution in [0, 0.1) is 5.92 Å². The first-order valence-corrected chi connectivity index (χ1v) is 9.76. The molecule has 0 heterocycles. The van der Waals surface area contributed by atoms with Gasteiger partial charge >= 0.3 is 5.97 Å². The minimum Gasteiger partial charge on any atom is -0.451 e. The van der Waals surface area contributed by atoms with Crippen molar-refractivity contribution in [2.24, 2.45) is 5.92 Å². The zero-order valence-corrected chi connectivity index (χ0v) is 16.9. The summed E-state index contributed by atoms with van der Waals surface area (Å²) in [4.78, 5) is 36.2. The van der Waals surface area contributed by atoms with Gasteiger partial charge in [-0.1, -0.05) is 43.0 Å². The third-order valence-corrected chi connectivity index (χ3v) is 5.23. The molecule has 3 atom stereocenters. The van der Waals surface area contributed by atoms with E-state index in [0.29, 0.717) is 10.9 Å². The molecule has 0 radical (unpaired) electrons. The lowest BCUT2D eigenvalue weighted by Gasteiger charge is -2.30. The number of halogens is 2. The minimum atomic E-state index is -0.928. The van der Waals surface area contributed by atoms with E-state index in [1.54, 1.807) is 0 Å². The van der Waals surface area contributed by atoms with E-state index in [1.165, 1.54) is 31.5 Å². The van der Waals surface area contributed by atoms with Gasteiger partial charge < -0.3 is 15.4 Å². The number of ether oxygens (including phenoxy) is 1. The number of amides is 2. The molecule has 148 valence electrons. The first-order valence-electron chi connectivity index (χ1n) is 9.01. The van der Waals surface area contributed by atoms with Gasteiger partial charge in [0.2, 0.25) is 0 Å². The molecule has 0 unspecified atom stereocenters. The van der Waals surface area contributed by atoms with Gasteiger partial charge in [0.25, 0.3) is 11.8 Å². The summed E-state index contributed by atoms with van der Waals surface area (Å²) in [5.41, 5.74) is 0.200. The largest absolute Gasteiger partial charge is 0.451 e. The highest BCUT2D eigenvalue weighted by molar-refractivity contribution is 6.36. The third-order valence-electron chi connectivity index (χ3n) is 4.69. The number of carbonyl (C=O) groups excluding carboxylic acids is 3. The van der Waals surface area contributed by atoms with Crippen LogP contribution in [-0.4, -0.2) is 36.5 Å². The van der Waals surface area contributed by atoms with Crippen LogP contribution >= 0.6 is 23.2 Å². The van der Waals surface area contributed by atoms with Gasteiger partial charge in [-0.05, 0) is 43.9 Å². The SMILES string of the molecule is C[C@@H]1CCCC[C@@H]1NC(=O)[C@@H](C)OC(=O)CNC(=O)c1ccc(Cl)cc1Cl. The van der Waals surface area contributed by atoms with E-state index in [4.69, 9.17) is 27.9 Å². The highest BCUT2D eigenvalue weighted by Gasteiger charge is 2.26. The smallest absolute Gasteiger partial charge is 0.326 e. The van der Waals surface area contributed by atoms with Gasteiger partial charge in [-0.15, -0.1) is 0 Å². The Balaban J connectivity index is 1.78. The molecule has 0 spiro atoms. The molecule has 6 nitrogen and oxygen atoms in total. The maximum Gasteiger partial charge on any atom is 0.326 e. The highest BCUT2D eigenvalue weighted by Crippen LogP contribution is 2.24. The van der Waals surface area contributed by atoms with Gasteiger partial charge in [0.1, 0.15) is 6.54 Å². The molecular weight excluding hydrogens is 391 g/mol. The zero-order chi connectivity index (χ0) is 20.0. The van der Waals surface area contributed by atoms with Crippen molar-refractivity contribution in [2.45, 2.75) is 51.7 Å². The monoisotopic (exact) mass is 414 g/mol. The minimum absolute atomic E-state index is 0.110. The molecule has 0 bridgehead atoms. The second-order valence-corrected chi connectivity index (χ2v) is 7.66. The molecule has 0 saturated heterocycles. The highest BCUT2D eigenvalue weighted by atomic mass is 35.5. The van der Waals surface area contributed by atoms with E-state index >= 15 is 0 Å². The summed E-state index contributed by atoms with van der Waals surface area (Å²) in [6.45, 7) is 3.26. The van der Waals surface area contributed by atoms with Crippen molar-refractivity contribution in [3.8, 4) is 0 Å². The molecule has 2 N–H and O–H groups in total. The molecule has 0 aromatic heterocycles. The Hall–Kier alpha value is -1.79. The normalized spacial score (nSPS) is 20.4.